The van der Waals surface area contributed by atoms with Crippen molar-refractivity contribution in [1.29, 1.82) is 0 Å². The number of ether oxygens (including phenoxy) is 1. The first-order valence-corrected chi connectivity index (χ1v) is 8.66. The first kappa shape index (κ1) is 19.2. The van der Waals surface area contributed by atoms with Crippen LogP contribution in [-0.4, -0.2) is 51.5 Å². The van der Waals surface area contributed by atoms with E-state index in [1.165, 1.54) is 13.3 Å². The number of nitrogens with zero attached hydrogens (tertiary/aromatic N) is 2. The van der Waals surface area contributed by atoms with Crippen LogP contribution in [-0.2, 0) is 10.0 Å². The molecule has 1 fully saturated rings. The van der Waals surface area contributed by atoms with E-state index >= 15 is 0 Å². The van der Waals surface area contributed by atoms with Crippen LogP contribution >= 0.6 is 12.4 Å². The molecular weight excluding hydrogens is 326 g/mol. The van der Waals surface area contributed by atoms with Gasteiger partial charge in [0.1, 0.15) is 4.90 Å². The van der Waals surface area contributed by atoms with Gasteiger partial charge >= 0.3 is 0 Å². The standard InChI is InChI=1S/C14H23N3O3S.ClH/c1-15-8-5-12-6-9-17(10-7-12)21(18,19)13-3-4-14(20-2)16-11-13;/h3-4,11-12,15H,5-10H2,1-2H3;1H. The van der Waals surface area contributed by atoms with Gasteiger partial charge in [-0.1, -0.05) is 0 Å². The van der Waals surface area contributed by atoms with Crippen LogP contribution < -0.4 is 10.1 Å². The maximum atomic E-state index is 12.5. The van der Waals surface area contributed by atoms with Crippen LogP contribution in [0.4, 0.5) is 0 Å². The monoisotopic (exact) mass is 349 g/mol. The molecule has 0 saturated carbocycles. The lowest BCUT2D eigenvalue weighted by atomic mass is 9.95. The molecule has 0 radical (unpaired) electrons. The molecule has 1 saturated heterocycles. The Morgan fingerprint density at radius 2 is 2.05 bits per heavy atom. The minimum absolute atomic E-state index is 0. The highest BCUT2D eigenvalue weighted by atomic mass is 35.5. The van der Waals surface area contributed by atoms with Crippen LogP contribution in [0.15, 0.2) is 23.2 Å². The number of hydrogen-bond acceptors (Lipinski definition) is 5. The van der Waals surface area contributed by atoms with Crippen LogP contribution in [0.5, 0.6) is 5.88 Å². The van der Waals surface area contributed by atoms with Crippen molar-refractivity contribution in [2.24, 2.45) is 5.92 Å². The number of hydrogen-bond donors (Lipinski definition) is 1. The Hall–Kier alpha value is -0.890. The molecule has 0 atom stereocenters. The predicted molar refractivity (Wildman–Crippen MR) is 88.1 cm³/mol. The first-order chi connectivity index (χ1) is 10.1. The summed E-state index contributed by atoms with van der Waals surface area (Å²) in [6.45, 7) is 2.16. The van der Waals surface area contributed by atoms with E-state index < -0.39 is 10.0 Å². The Morgan fingerprint density at radius 1 is 1.36 bits per heavy atom. The van der Waals surface area contributed by atoms with E-state index in [4.69, 9.17) is 4.74 Å². The average molecular weight is 350 g/mol. The molecule has 1 N–H and O–H groups in total. The van der Waals surface area contributed by atoms with Crippen LogP contribution in [0.3, 0.4) is 0 Å². The molecule has 22 heavy (non-hydrogen) atoms. The normalized spacial score (nSPS) is 17.0. The summed E-state index contributed by atoms with van der Waals surface area (Å²) in [5.74, 6) is 1.03. The quantitative estimate of drug-likeness (QED) is 0.843. The van der Waals surface area contributed by atoms with Crippen molar-refractivity contribution in [3.05, 3.63) is 18.3 Å². The Kier molecular flexibility index (Phi) is 7.55. The zero-order chi connectivity index (χ0) is 15.3. The fourth-order valence-corrected chi connectivity index (χ4v) is 3.99. The lowest BCUT2D eigenvalue weighted by Gasteiger charge is -2.31. The number of aromatic nitrogens is 1. The third kappa shape index (κ3) is 4.55. The molecule has 1 aromatic heterocycles. The van der Waals surface area contributed by atoms with Crippen molar-refractivity contribution in [2.75, 3.05) is 33.8 Å². The van der Waals surface area contributed by atoms with Crippen molar-refractivity contribution in [3.63, 3.8) is 0 Å². The second-order valence-electron chi connectivity index (χ2n) is 5.28. The lowest BCUT2D eigenvalue weighted by molar-refractivity contribution is 0.263. The molecule has 0 aromatic carbocycles. The van der Waals surface area contributed by atoms with Gasteiger partial charge in [0.2, 0.25) is 15.9 Å². The van der Waals surface area contributed by atoms with Gasteiger partial charge < -0.3 is 10.1 Å². The third-order valence-electron chi connectivity index (χ3n) is 3.93. The van der Waals surface area contributed by atoms with Crippen molar-refractivity contribution in [1.82, 2.24) is 14.6 Å². The van der Waals surface area contributed by atoms with E-state index in [1.54, 1.807) is 16.4 Å². The molecule has 6 nitrogen and oxygen atoms in total. The van der Waals surface area contributed by atoms with Crippen LogP contribution in [0.25, 0.3) is 0 Å². The molecule has 1 aromatic rings. The summed E-state index contributed by atoms with van der Waals surface area (Å²) in [5.41, 5.74) is 0. The Morgan fingerprint density at radius 3 is 2.55 bits per heavy atom. The maximum Gasteiger partial charge on any atom is 0.244 e. The van der Waals surface area contributed by atoms with E-state index in [1.807, 2.05) is 7.05 Å². The summed E-state index contributed by atoms with van der Waals surface area (Å²) in [6.07, 6.45) is 4.31. The van der Waals surface area contributed by atoms with E-state index in [-0.39, 0.29) is 17.3 Å². The number of sulfonamides is 1. The summed E-state index contributed by atoms with van der Waals surface area (Å²) in [6, 6.07) is 3.13. The second kappa shape index (κ2) is 8.67. The molecule has 0 spiro atoms. The van der Waals surface area contributed by atoms with E-state index in [0.717, 1.165) is 25.8 Å². The number of piperidine rings is 1. The maximum absolute atomic E-state index is 12.5. The van der Waals surface area contributed by atoms with Crippen molar-refractivity contribution < 1.29 is 13.2 Å². The van der Waals surface area contributed by atoms with Gasteiger partial charge in [0.05, 0.1) is 13.3 Å². The van der Waals surface area contributed by atoms with Gasteiger partial charge in [-0.3, -0.25) is 0 Å². The minimum Gasteiger partial charge on any atom is -0.481 e. The molecule has 126 valence electrons. The smallest absolute Gasteiger partial charge is 0.244 e. The number of rotatable bonds is 6. The van der Waals surface area contributed by atoms with Crippen molar-refractivity contribution in [2.45, 2.75) is 24.2 Å². The van der Waals surface area contributed by atoms with E-state index in [2.05, 4.69) is 10.3 Å². The zero-order valence-corrected chi connectivity index (χ0v) is 14.6. The Balaban J connectivity index is 0.00000242. The number of pyridine rings is 1. The third-order valence-corrected chi connectivity index (χ3v) is 5.81. The lowest BCUT2D eigenvalue weighted by Crippen LogP contribution is -2.38. The Bertz CT molecular complexity index is 543. The van der Waals surface area contributed by atoms with Crippen molar-refractivity contribution >= 4 is 22.4 Å². The topological polar surface area (TPSA) is 71.5 Å². The van der Waals surface area contributed by atoms with E-state index in [0.29, 0.717) is 24.9 Å². The number of methoxy groups -OCH3 is 1. The van der Waals surface area contributed by atoms with Gasteiger partial charge in [-0.05, 0) is 44.8 Å². The predicted octanol–water partition coefficient (Wildman–Crippen LogP) is 1.52. The summed E-state index contributed by atoms with van der Waals surface area (Å²) in [4.78, 5) is 4.21. The molecule has 1 aliphatic rings. The minimum atomic E-state index is -3.43. The molecule has 2 heterocycles. The van der Waals surface area contributed by atoms with Gasteiger partial charge in [-0.15, -0.1) is 12.4 Å². The SMILES string of the molecule is CNCCC1CCN(S(=O)(=O)c2ccc(OC)nc2)CC1.Cl. The summed E-state index contributed by atoms with van der Waals surface area (Å²) in [5, 5.41) is 3.14. The highest BCUT2D eigenvalue weighted by Crippen LogP contribution is 2.25. The molecule has 0 unspecified atom stereocenters. The summed E-state index contributed by atoms with van der Waals surface area (Å²) in [7, 11) is 0.0158. The van der Waals surface area contributed by atoms with E-state index in [9.17, 15) is 8.42 Å². The van der Waals surface area contributed by atoms with Crippen LogP contribution in [0.2, 0.25) is 0 Å². The van der Waals surface area contributed by atoms with Crippen molar-refractivity contribution in [3.8, 4) is 5.88 Å². The molecule has 0 aliphatic carbocycles. The molecule has 2 rings (SSSR count). The number of halogens is 1. The highest BCUT2D eigenvalue weighted by molar-refractivity contribution is 7.89. The van der Waals surface area contributed by atoms with Crippen LogP contribution in [0, 0.1) is 5.92 Å². The average Bonchev–Trinajstić information content (AvgIpc) is 2.53. The molecule has 0 bridgehead atoms. The molecule has 8 heteroatoms. The molecule has 0 amide bonds. The molecular formula is C14H24ClN3O3S. The van der Waals surface area contributed by atoms with Gasteiger partial charge in [-0.2, -0.15) is 4.31 Å². The Labute approximate surface area is 138 Å². The molecule has 1 aliphatic heterocycles. The second-order valence-corrected chi connectivity index (χ2v) is 7.21. The van der Waals surface area contributed by atoms with Gasteiger partial charge in [0, 0.05) is 19.2 Å². The van der Waals surface area contributed by atoms with Gasteiger partial charge in [0.15, 0.2) is 0 Å². The van der Waals surface area contributed by atoms with Gasteiger partial charge in [0.25, 0.3) is 0 Å². The fraction of sp³-hybridized carbons (Fsp3) is 0.643. The largest absolute Gasteiger partial charge is 0.481 e. The summed E-state index contributed by atoms with van der Waals surface area (Å²) >= 11 is 0. The van der Waals surface area contributed by atoms with Crippen LogP contribution in [0.1, 0.15) is 19.3 Å². The first-order valence-electron chi connectivity index (χ1n) is 7.22. The zero-order valence-electron chi connectivity index (χ0n) is 13.0. The fourth-order valence-electron chi connectivity index (χ4n) is 2.58. The van der Waals surface area contributed by atoms with Gasteiger partial charge in [-0.25, -0.2) is 13.4 Å². The number of nitrogens with one attached hydrogen (secondary N) is 1. The summed E-state index contributed by atoms with van der Waals surface area (Å²) < 4.78 is 31.6. The highest BCUT2D eigenvalue weighted by Gasteiger charge is 2.29.